The van der Waals surface area contributed by atoms with Crippen LogP contribution in [0.5, 0.6) is 0 Å². The van der Waals surface area contributed by atoms with Gasteiger partial charge in [-0.15, -0.1) is 6.58 Å². The number of nitrogens with two attached hydrogens (primary N) is 1. The van der Waals surface area contributed by atoms with Gasteiger partial charge in [-0.1, -0.05) is 12.7 Å². The van der Waals surface area contributed by atoms with Crippen LogP contribution in [0.1, 0.15) is 5.56 Å². The minimum atomic E-state index is 0.579. The highest BCUT2D eigenvalue weighted by Crippen LogP contribution is 2.24. The third-order valence-electron chi connectivity index (χ3n) is 2.02. The Bertz CT molecular complexity index is 415. The Hall–Kier alpha value is -2.21. The van der Waals surface area contributed by atoms with Crippen LogP contribution in [0.4, 0.5) is 11.4 Å². The van der Waals surface area contributed by atoms with E-state index < -0.39 is 0 Å². The van der Waals surface area contributed by atoms with Crippen LogP contribution in [0.3, 0.4) is 0 Å². The standard InChI is InChI=1S/C12H13N3/c1-3-7-15(4-2)12-8-10(9-13)5-6-11(12)14/h3-6,8H,1-2,7,14H2. The Kier molecular flexibility index (Phi) is 3.53. The van der Waals surface area contributed by atoms with Gasteiger partial charge in [0.1, 0.15) is 0 Å². The highest BCUT2D eigenvalue weighted by atomic mass is 15.1. The van der Waals surface area contributed by atoms with E-state index in [9.17, 15) is 0 Å². The molecule has 2 N–H and O–H groups in total. The molecule has 0 aliphatic heterocycles. The first kappa shape index (κ1) is 10.9. The fourth-order valence-corrected chi connectivity index (χ4v) is 1.27. The van der Waals surface area contributed by atoms with Crippen molar-refractivity contribution >= 4 is 11.4 Å². The smallest absolute Gasteiger partial charge is 0.0992 e. The molecule has 0 atom stereocenters. The van der Waals surface area contributed by atoms with Crippen molar-refractivity contribution in [2.75, 3.05) is 17.2 Å². The molecule has 0 aliphatic carbocycles. The van der Waals surface area contributed by atoms with E-state index in [1.165, 1.54) is 0 Å². The van der Waals surface area contributed by atoms with Gasteiger partial charge in [-0.25, -0.2) is 0 Å². The molecule has 76 valence electrons. The van der Waals surface area contributed by atoms with Gasteiger partial charge in [-0.3, -0.25) is 0 Å². The Morgan fingerprint density at radius 3 is 2.73 bits per heavy atom. The Morgan fingerprint density at radius 2 is 2.20 bits per heavy atom. The summed E-state index contributed by atoms with van der Waals surface area (Å²) in [5.41, 5.74) is 7.80. The van der Waals surface area contributed by atoms with Gasteiger partial charge in [0, 0.05) is 6.54 Å². The molecule has 0 radical (unpaired) electrons. The molecule has 3 heteroatoms. The van der Waals surface area contributed by atoms with Crippen molar-refractivity contribution in [1.29, 1.82) is 5.26 Å². The van der Waals surface area contributed by atoms with Gasteiger partial charge in [0.2, 0.25) is 0 Å². The van der Waals surface area contributed by atoms with Gasteiger partial charge in [-0.05, 0) is 24.4 Å². The quantitative estimate of drug-likeness (QED) is 0.597. The molecule has 0 fully saturated rings. The second kappa shape index (κ2) is 4.87. The minimum Gasteiger partial charge on any atom is -0.397 e. The average Bonchev–Trinajstić information content (AvgIpc) is 2.27. The summed E-state index contributed by atoms with van der Waals surface area (Å²) in [6.45, 7) is 7.96. The normalized spacial score (nSPS) is 9.00. The van der Waals surface area contributed by atoms with Crippen molar-refractivity contribution in [2.45, 2.75) is 0 Å². The van der Waals surface area contributed by atoms with Crippen LogP contribution in [0.2, 0.25) is 0 Å². The summed E-state index contributed by atoms with van der Waals surface area (Å²) in [5.74, 6) is 0. The van der Waals surface area contributed by atoms with Gasteiger partial charge in [-0.2, -0.15) is 5.26 Å². The number of nitrogen functional groups attached to an aromatic ring is 1. The third-order valence-corrected chi connectivity index (χ3v) is 2.02. The van der Waals surface area contributed by atoms with Gasteiger partial charge in [0.15, 0.2) is 0 Å². The van der Waals surface area contributed by atoms with E-state index in [-0.39, 0.29) is 0 Å². The molecule has 0 spiro atoms. The van der Waals surface area contributed by atoms with Crippen molar-refractivity contribution in [2.24, 2.45) is 0 Å². The molecule has 1 aromatic rings. The van der Waals surface area contributed by atoms with Crippen LogP contribution in [0.25, 0.3) is 0 Å². The lowest BCUT2D eigenvalue weighted by atomic mass is 10.1. The zero-order valence-corrected chi connectivity index (χ0v) is 8.48. The summed E-state index contributed by atoms with van der Waals surface area (Å²) in [6, 6.07) is 7.21. The van der Waals surface area contributed by atoms with Crippen molar-refractivity contribution < 1.29 is 0 Å². The molecule has 1 aromatic carbocycles. The molecule has 0 aromatic heterocycles. The summed E-state index contributed by atoms with van der Waals surface area (Å²) in [6.07, 6.45) is 3.41. The summed E-state index contributed by atoms with van der Waals surface area (Å²) < 4.78 is 0. The first-order valence-electron chi connectivity index (χ1n) is 4.52. The van der Waals surface area contributed by atoms with Crippen LogP contribution in [0, 0.1) is 11.3 Å². The molecular weight excluding hydrogens is 186 g/mol. The Balaban J connectivity index is 3.15. The Labute approximate surface area is 89.7 Å². The molecular formula is C12H13N3. The van der Waals surface area contributed by atoms with E-state index in [4.69, 9.17) is 11.0 Å². The maximum atomic E-state index is 8.78. The highest BCUT2D eigenvalue weighted by Gasteiger charge is 2.06. The van der Waals surface area contributed by atoms with Crippen molar-refractivity contribution in [3.05, 3.63) is 49.2 Å². The first-order valence-corrected chi connectivity index (χ1v) is 4.52. The van der Waals surface area contributed by atoms with Crippen LogP contribution < -0.4 is 10.6 Å². The largest absolute Gasteiger partial charge is 0.397 e. The molecule has 15 heavy (non-hydrogen) atoms. The molecule has 0 saturated heterocycles. The lowest BCUT2D eigenvalue weighted by Gasteiger charge is -2.20. The van der Waals surface area contributed by atoms with Crippen LogP contribution in [-0.4, -0.2) is 6.54 Å². The lowest BCUT2D eigenvalue weighted by Crippen LogP contribution is -2.16. The maximum Gasteiger partial charge on any atom is 0.0992 e. The first-order chi connectivity index (χ1) is 7.22. The molecule has 0 aliphatic rings. The number of benzene rings is 1. The molecule has 3 nitrogen and oxygen atoms in total. The predicted octanol–water partition coefficient (Wildman–Crippen LogP) is 2.28. The van der Waals surface area contributed by atoms with E-state index >= 15 is 0 Å². The second-order valence-electron chi connectivity index (χ2n) is 3.01. The zero-order valence-electron chi connectivity index (χ0n) is 8.48. The van der Waals surface area contributed by atoms with Gasteiger partial charge >= 0.3 is 0 Å². The molecule has 1 rings (SSSR count). The van der Waals surface area contributed by atoms with E-state index in [1.807, 2.05) is 4.90 Å². The molecule has 0 amide bonds. The van der Waals surface area contributed by atoms with Gasteiger partial charge in [0.25, 0.3) is 0 Å². The van der Waals surface area contributed by atoms with E-state index in [1.54, 1.807) is 30.5 Å². The van der Waals surface area contributed by atoms with Crippen LogP contribution >= 0.6 is 0 Å². The lowest BCUT2D eigenvalue weighted by molar-refractivity contribution is 1.10. The van der Waals surface area contributed by atoms with Crippen LogP contribution in [0.15, 0.2) is 43.6 Å². The number of rotatable bonds is 4. The Morgan fingerprint density at radius 1 is 1.47 bits per heavy atom. The monoisotopic (exact) mass is 199 g/mol. The van der Waals surface area contributed by atoms with E-state index in [2.05, 4.69) is 19.2 Å². The highest BCUT2D eigenvalue weighted by molar-refractivity contribution is 5.71. The number of hydrogen-bond donors (Lipinski definition) is 1. The maximum absolute atomic E-state index is 8.78. The van der Waals surface area contributed by atoms with E-state index in [0.29, 0.717) is 17.8 Å². The minimum absolute atomic E-state index is 0.579. The van der Waals surface area contributed by atoms with Gasteiger partial charge < -0.3 is 10.6 Å². The fourth-order valence-electron chi connectivity index (χ4n) is 1.27. The summed E-state index contributed by atoms with van der Waals surface area (Å²) >= 11 is 0. The SMILES string of the molecule is C=CCN(C=C)c1cc(C#N)ccc1N. The van der Waals surface area contributed by atoms with Crippen LogP contribution in [-0.2, 0) is 0 Å². The molecule has 0 saturated carbocycles. The number of hydrogen-bond acceptors (Lipinski definition) is 3. The summed E-state index contributed by atoms with van der Waals surface area (Å²) in [7, 11) is 0. The third kappa shape index (κ3) is 2.38. The molecule has 0 unspecified atom stereocenters. The van der Waals surface area contributed by atoms with E-state index in [0.717, 1.165) is 5.69 Å². The number of nitriles is 1. The summed E-state index contributed by atoms with van der Waals surface area (Å²) in [4.78, 5) is 1.84. The predicted molar refractivity (Wildman–Crippen MR) is 63.3 cm³/mol. The van der Waals surface area contributed by atoms with Crippen molar-refractivity contribution in [3.63, 3.8) is 0 Å². The molecule has 0 heterocycles. The second-order valence-corrected chi connectivity index (χ2v) is 3.01. The average molecular weight is 199 g/mol. The fraction of sp³-hybridized carbons (Fsp3) is 0.0833. The van der Waals surface area contributed by atoms with Crippen molar-refractivity contribution in [3.8, 4) is 6.07 Å². The van der Waals surface area contributed by atoms with Gasteiger partial charge in [0.05, 0.1) is 23.0 Å². The number of nitrogens with zero attached hydrogens (tertiary/aromatic N) is 2. The number of anilines is 2. The zero-order chi connectivity index (χ0) is 11.3. The van der Waals surface area contributed by atoms with Crippen molar-refractivity contribution in [1.82, 2.24) is 0 Å². The molecule has 0 bridgehead atoms. The topological polar surface area (TPSA) is 53.0 Å². The summed E-state index contributed by atoms with van der Waals surface area (Å²) in [5, 5.41) is 8.78.